The number of Topliss-reactive ketones (excluding diaryl/α,β-unsaturated/α-hetero) is 1. The number of aromatic nitrogens is 4. The van der Waals surface area contributed by atoms with Crippen LogP contribution in [0.5, 0.6) is 0 Å². The number of carbonyl (C=O) groups is 1. The summed E-state index contributed by atoms with van der Waals surface area (Å²) in [6.07, 6.45) is 2.65. The smallest absolute Gasteiger partial charge is 0.332 e. The number of imidazole rings is 1. The molecule has 0 amide bonds. The van der Waals surface area contributed by atoms with Crippen LogP contribution in [-0.2, 0) is 31.4 Å². The van der Waals surface area contributed by atoms with Crippen molar-refractivity contribution in [2.75, 3.05) is 18.0 Å². The van der Waals surface area contributed by atoms with Gasteiger partial charge in [0.2, 0.25) is 5.95 Å². The molecule has 1 atom stereocenters. The van der Waals surface area contributed by atoms with Gasteiger partial charge in [0.25, 0.3) is 5.56 Å². The van der Waals surface area contributed by atoms with E-state index in [1.807, 2.05) is 35.2 Å². The SMILES string of the molecule is CC#CCn1c(N2CCCC(N)C2)nc2c1c(=O)n(CC(=O)CCc1ccccc1)c(=O)n2C. The Hall–Kier alpha value is -3.64. The number of anilines is 1. The minimum Gasteiger partial charge on any atom is -0.341 e. The van der Waals surface area contributed by atoms with Crippen LogP contribution in [0.15, 0.2) is 39.9 Å². The standard InChI is InChI=1S/C25H30N6O3/c1-3-4-15-30-21-22(27-24(30)29-14-8-11-19(26)16-29)28(2)25(34)31(23(21)33)17-20(32)13-12-18-9-6-5-7-10-18/h5-7,9-10,19H,8,11-17,26H2,1-2H3. The maximum Gasteiger partial charge on any atom is 0.332 e. The van der Waals surface area contributed by atoms with Crippen molar-refractivity contribution >= 4 is 22.9 Å². The summed E-state index contributed by atoms with van der Waals surface area (Å²) in [6, 6.07) is 9.67. The van der Waals surface area contributed by atoms with Crippen LogP contribution in [0.2, 0.25) is 0 Å². The molecule has 0 saturated carbocycles. The fourth-order valence-corrected chi connectivity index (χ4v) is 4.42. The number of carbonyl (C=O) groups excluding carboxylic acids is 1. The lowest BCUT2D eigenvalue weighted by Gasteiger charge is -2.31. The molecule has 3 heterocycles. The van der Waals surface area contributed by atoms with Crippen LogP contribution in [0.4, 0.5) is 5.95 Å². The van der Waals surface area contributed by atoms with Crippen molar-refractivity contribution in [2.45, 2.75) is 51.7 Å². The second-order valence-electron chi connectivity index (χ2n) is 8.70. The summed E-state index contributed by atoms with van der Waals surface area (Å²) >= 11 is 0. The molecule has 178 valence electrons. The Labute approximate surface area is 197 Å². The van der Waals surface area contributed by atoms with Gasteiger partial charge in [0.1, 0.15) is 0 Å². The lowest BCUT2D eigenvalue weighted by molar-refractivity contribution is -0.119. The summed E-state index contributed by atoms with van der Waals surface area (Å²) in [5, 5.41) is 0. The summed E-state index contributed by atoms with van der Waals surface area (Å²) in [7, 11) is 1.57. The van der Waals surface area contributed by atoms with Gasteiger partial charge in [0, 0.05) is 32.6 Å². The molecule has 0 radical (unpaired) electrons. The molecule has 1 aliphatic heterocycles. The Balaban J connectivity index is 1.73. The first-order chi connectivity index (χ1) is 16.4. The molecule has 1 aliphatic rings. The van der Waals surface area contributed by atoms with Gasteiger partial charge in [-0.3, -0.25) is 23.3 Å². The number of hydrogen-bond donors (Lipinski definition) is 1. The van der Waals surface area contributed by atoms with Crippen molar-refractivity contribution in [3.8, 4) is 11.8 Å². The molecule has 9 heteroatoms. The number of nitrogens with two attached hydrogens (primary N) is 1. The number of hydrogen-bond acceptors (Lipinski definition) is 6. The van der Waals surface area contributed by atoms with Crippen LogP contribution < -0.4 is 21.9 Å². The first-order valence-electron chi connectivity index (χ1n) is 11.6. The van der Waals surface area contributed by atoms with E-state index in [1.165, 1.54) is 4.57 Å². The van der Waals surface area contributed by atoms with E-state index < -0.39 is 11.2 Å². The lowest BCUT2D eigenvalue weighted by Crippen LogP contribution is -2.44. The summed E-state index contributed by atoms with van der Waals surface area (Å²) in [5.74, 6) is 6.27. The number of nitrogens with zero attached hydrogens (tertiary/aromatic N) is 5. The third kappa shape index (κ3) is 4.68. The average Bonchev–Trinajstić information content (AvgIpc) is 3.23. The molecule has 0 aliphatic carbocycles. The Morgan fingerprint density at radius 3 is 2.68 bits per heavy atom. The van der Waals surface area contributed by atoms with Crippen LogP contribution in [0.1, 0.15) is 31.7 Å². The number of aryl methyl sites for hydroxylation is 2. The van der Waals surface area contributed by atoms with E-state index in [9.17, 15) is 14.4 Å². The molecule has 1 aromatic carbocycles. The van der Waals surface area contributed by atoms with E-state index in [0.29, 0.717) is 18.9 Å². The fraction of sp³-hybridized carbons (Fsp3) is 0.440. The Morgan fingerprint density at radius 1 is 1.21 bits per heavy atom. The largest absolute Gasteiger partial charge is 0.341 e. The molecule has 1 unspecified atom stereocenters. The lowest BCUT2D eigenvalue weighted by atomic mass is 10.1. The van der Waals surface area contributed by atoms with Crippen molar-refractivity contribution in [3.05, 3.63) is 56.7 Å². The van der Waals surface area contributed by atoms with Gasteiger partial charge in [-0.25, -0.2) is 4.79 Å². The molecule has 34 heavy (non-hydrogen) atoms. The molecule has 0 spiro atoms. The van der Waals surface area contributed by atoms with Crippen molar-refractivity contribution in [1.82, 2.24) is 18.7 Å². The summed E-state index contributed by atoms with van der Waals surface area (Å²) < 4.78 is 4.10. The molecule has 3 aromatic rings. The van der Waals surface area contributed by atoms with Crippen LogP contribution in [0.3, 0.4) is 0 Å². The molecule has 2 aromatic heterocycles. The van der Waals surface area contributed by atoms with Gasteiger partial charge in [-0.15, -0.1) is 5.92 Å². The van der Waals surface area contributed by atoms with Crippen LogP contribution >= 0.6 is 0 Å². The zero-order valence-electron chi connectivity index (χ0n) is 19.7. The van der Waals surface area contributed by atoms with Gasteiger partial charge in [-0.1, -0.05) is 36.3 Å². The van der Waals surface area contributed by atoms with E-state index in [0.717, 1.165) is 29.5 Å². The molecule has 0 bridgehead atoms. The number of benzene rings is 1. The number of rotatable bonds is 7. The second kappa shape index (κ2) is 10.1. The van der Waals surface area contributed by atoms with Gasteiger partial charge in [0.05, 0.1) is 13.1 Å². The average molecular weight is 463 g/mol. The Morgan fingerprint density at radius 2 is 1.97 bits per heavy atom. The summed E-state index contributed by atoms with van der Waals surface area (Å²) in [6.45, 7) is 3.08. The van der Waals surface area contributed by atoms with Crippen LogP contribution in [-0.4, -0.2) is 43.6 Å². The monoisotopic (exact) mass is 462 g/mol. The van der Waals surface area contributed by atoms with Gasteiger partial charge >= 0.3 is 5.69 Å². The predicted molar refractivity (Wildman–Crippen MR) is 132 cm³/mol. The molecule has 4 rings (SSSR count). The van der Waals surface area contributed by atoms with E-state index in [-0.39, 0.29) is 42.5 Å². The molecule has 1 fully saturated rings. The maximum absolute atomic E-state index is 13.5. The summed E-state index contributed by atoms with van der Waals surface area (Å²) in [4.78, 5) is 46.0. The zero-order chi connectivity index (χ0) is 24.2. The third-order valence-corrected chi connectivity index (χ3v) is 6.24. The van der Waals surface area contributed by atoms with Crippen molar-refractivity contribution < 1.29 is 4.79 Å². The van der Waals surface area contributed by atoms with Gasteiger partial charge in [-0.2, -0.15) is 4.98 Å². The topological polar surface area (TPSA) is 108 Å². The van der Waals surface area contributed by atoms with Crippen LogP contribution in [0.25, 0.3) is 11.2 Å². The predicted octanol–water partition coefficient (Wildman–Crippen LogP) is 1.05. The molecule has 9 nitrogen and oxygen atoms in total. The number of ketones is 1. The quantitative estimate of drug-likeness (QED) is 0.526. The Kier molecular flexibility index (Phi) is 6.98. The van der Waals surface area contributed by atoms with Gasteiger partial charge in [-0.05, 0) is 31.7 Å². The normalized spacial score (nSPS) is 15.9. The first-order valence-corrected chi connectivity index (χ1v) is 11.6. The van der Waals surface area contributed by atoms with Crippen LogP contribution in [0, 0.1) is 11.8 Å². The molecular weight excluding hydrogens is 432 g/mol. The van der Waals surface area contributed by atoms with E-state index >= 15 is 0 Å². The second-order valence-corrected chi connectivity index (χ2v) is 8.70. The highest BCUT2D eigenvalue weighted by Crippen LogP contribution is 2.22. The zero-order valence-corrected chi connectivity index (χ0v) is 19.7. The highest BCUT2D eigenvalue weighted by molar-refractivity contribution is 5.79. The number of piperidine rings is 1. The third-order valence-electron chi connectivity index (χ3n) is 6.24. The van der Waals surface area contributed by atoms with E-state index in [1.54, 1.807) is 18.5 Å². The highest BCUT2D eigenvalue weighted by atomic mass is 16.2. The van der Waals surface area contributed by atoms with E-state index in [4.69, 9.17) is 5.73 Å². The van der Waals surface area contributed by atoms with E-state index in [2.05, 4.69) is 16.8 Å². The molecule has 2 N–H and O–H groups in total. The highest BCUT2D eigenvalue weighted by Gasteiger charge is 2.26. The number of fused-ring (bicyclic) bond motifs is 1. The van der Waals surface area contributed by atoms with Crippen molar-refractivity contribution in [1.29, 1.82) is 0 Å². The first kappa shape index (κ1) is 23.5. The maximum atomic E-state index is 13.5. The Bertz CT molecular complexity index is 1370. The minimum atomic E-state index is -0.557. The minimum absolute atomic E-state index is 0.0157. The van der Waals surface area contributed by atoms with Crippen molar-refractivity contribution in [3.63, 3.8) is 0 Å². The fourth-order valence-electron chi connectivity index (χ4n) is 4.42. The molecular formula is C25H30N6O3. The molecule has 1 saturated heterocycles. The van der Waals surface area contributed by atoms with Gasteiger partial charge < -0.3 is 10.6 Å². The van der Waals surface area contributed by atoms with Gasteiger partial charge in [0.15, 0.2) is 16.9 Å². The van der Waals surface area contributed by atoms with Crippen molar-refractivity contribution in [2.24, 2.45) is 12.8 Å². The summed E-state index contributed by atoms with van der Waals surface area (Å²) in [5.41, 5.74) is 6.69.